The van der Waals surface area contributed by atoms with Crippen LogP contribution in [0.1, 0.15) is 30.5 Å². The fourth-order valence-corrected chi connectivity index (χ4v) is 5.25. The summed E-state index contributed by atoms with van der Waals surface area (Å²) >= 11 is 0. The standard InChI is InChI=1S/C28H32FN3O4S/c1-5-30-28(34)22(4)31(18-23-11-13-24(29)14-12-23)27(33)19-32(25-8-6-7-21(3)17-25)37(35,36)26-15-9-20(2)10-16-26/h6-17,22H,5,18-19H2,1-4H3,(H,30,34)/t22-/m0/s1. The van der Waals surface area contributed by atoms with Crippen molar-refractivity contribution in [2.24, 2.45) is 0 Å². The van der Waals surface area contributed by atoms with E-state index in [9.17, 15) is 22.4 Å². The quantitative estimate of drug-likeness (QED) is 0.430. The summed E-state index contributed by atoms with van der Waals surface area (Å²) < 4.78 is 42.0. The summed E-state index contributed by atoms with van der Waals surface area (Å²) in [5.74, 6) is -1.37. The summed E-state index contributed by atoms with van der Waals surface area (Å²) in [5, 5.41) is 2.70. The number of anilines is 1. The average Bonchev–Trinajstić information content (AvgIpc) is 2.86. The molecule has 0 aliphatic carbocycles. The number of likely N-dealkylation sites (N-methyl/N-ethyl adjacent to an activating group) is 1. The molecular formula is C28H32FN3O4S. The summed E-state index contributed by atoms with van der Waals surface area (Å²) in [6.07, 6.45) is 0. The maximum atomic E-state index is 13.7. The molecule has 0 bridgehead atoms. The van der Waals surface area contributed by atoms with E-state index in [1.54, 1.807) is 44.2 Å². The maximum Gasteiger partial charge on any atom is 0.264 e. The number of hydrogen-bond donors (Lipinski definition) is 1. The number of amides is 2. The third-order valence-corrected chi connectivity index (χ3v) is 7.75. The highest BCUT2D eigenvalue weighted by Crippen LogP contribution is 2.25. The Morgan fingerprint density at radius 3 is 2.19 bits per heavy atom. The van der Waals surface area contributed by atoms with Gasteiger partial charge in [-0.2, -0.15) is 0 Å². The van der Waals surface area contributed by atoms with Gasteiger partial charge in [-0.1, -0.05) is 42.0 Å². The molecule has 0 saturated heterocycles. The Bertz CT molecular complexity index is 1340. The summed E-state index contributed by atoms with van der Waals surface area (Å²) in [6, 6.07) is 18.0. The highest BCUT2D eigenvalue weighted by atomic mass is 32.2. The van der Waals surface area contributed by atoms with Crippen molar-refractivity contribution in [3.63, 3.8) is 0 Å². The number of rotatable bonds is 10. The Hall–Kier alpha value is -3.72. The number of aryl methyl sites for hydroxylation is 2. The Kier molecular flexibility index (Phi) is 9.04. The summed E-state index contributed by atoms with van der Waals surface area (Å²) in [4.78, 5) is 27.8. The van der Waals surface area contributed by atoms with Crippen molar-refractivity contribution < 1.29 is 22.4 Å². The molecule has 2 amide bonds. The Morgan fingerprint density at radius 2 is 1.59 bits per heavy atom. The van der Waals surface area contributed by atoms with Crippen LogP contribution in [0.15, 0.2) is 77.7 Å². The molecular weight excluding hydrogens is 493 g/mol. The van der Waals surface area contributed by atoms with E-state index < -0.39 is 34.3 Å². The van der Waals surface area contributed by atoms with Crippen LogP contribution in [0.4, 0.5) is 10.1 Å². The first-order valence-electron chi connectivity index (χ1n) is 12.0. The lowest BCUT2D eigenvalue weighted by Crippen LogP contribution is -2.51. The van der Waals surface area contributed by atoms with E-state index in [1.165, 1.54) is 41.3 Å². The predicted octanol–water partition coefficient (Wildman–Crippen LogP) is 4.19. The molecule has 0 aliphatic heterocycles. The van der Waals surface area contributed by atoms with Gasteiger partial charge >= 0.3 is 0 Å². The zero-order chi connectivity index (χ0) is 27.2. The number of carbonyl (C=O) groups excluding carboxylic acids is 2. The molecule has 0 unspecified atom stereocenters. The minimum Gasteiger partial charge on any atom is -0.355 e. The molecule has 0 aromatic heterocycles. The monoisotopic (exact) mass is 525 g/mol. The lowest BCUT2D eigenvalue weighted by Gasteiger charge is -2.32. The van der Waals surface area contributed by atoms with Crippen molar-refractivity contribution in [1.82, 2.24) is 10.2 Å². The van der Waals surface area contributed by atoms with E-state index in [0.717, 1.165) is 15.4 Å². The molecule has 0 aliphatic rings. The molecule has 1 N–H and O–H groups in total. The van der Waals surface area contributed by atoms with Gasteiger partial charge < -0.3 is 10.2 Å². The average molecular weight is 526 g/mol. The maximum absolute atomic E-state index is 13.7. The first kappa shape index (κ1) is 27.9. The van der Waals surface area contributed by atoms with Crippen molar-refractivity contribution in [2.75, 3.05) is 17.4 Å². The van der Waals surface area contributed by atoms with Crippen molar-refractivity contribution in [3.05, 3.63) is 95.3 Å². The van der Waals surface area contributed by atoms with Gasteiger partial charge in [0.25, 0.3) is 10.0 Å². The largest absolute Gasteiger partial charge is 0.355 e. The number of halogens is 1. The van der Waals surface area contributed by atoms with Crippen molar-refractivity contribution in [3.8, 4) is 0 Å². The molecule has 1 atom stereocenters. The van der Waals surface area contributed by atoms with E-state index in [0.29, 0.717) is 17.8 Å². The Labute approximate surface area is 218 Å². The fraction of sp³-hybridized carbons (Fsp3) is 0.286. The van der Waals surface area contributed by atoms with Crippen molar-refractivity contribution >= 4 is 27.5 Å². The fourth-order valence-electron chi connectivity index (χ4n) is 3.84. The molecule has 0 radical (unpaired) electrons. The SMILES string of the molecule is CCNC(=O)[C@H](C)N(Cc1ccc(F)cc1)C(=O)CN(c1cccc(C)c1)S(=O)(=O)c1ccc(C)cc1. The van der Waals surface area contributed by atoms with Crippen LogP contribution in [0.3, 0.4) is 0 Å². The third kappa shape index (κ3) is 6.95. The summed E-state index contributed by atoms with van der Waals surface area (Å²) in [6.45, 7) is 6.89. The molecule has 3 aromatic carbocycles. The van der Waals surface area contributed by atoms with Crippen LogP contribution in [-0.2, 0) is 26.2 Å². The molecule has 3 rings (SSSR count). The van der Waals surface area contributed by atoms with E-state index >= 15 is 0 Å². The van der Waals surface area contributed by atoms with Gasteiger partial charge in [0, 0.05) is 13.1 Å². The molecule has 0 heterocycles. The van der Waals surface area contributed by atoms with Crippen LogP contribution in [-0.4, -0.2) is 44.3 Å². The molecule has 0 spiro atoms. The topological polar surface area (TPSA) is 86.8 Å². The van der Waals surface area contributed by atoms with Gasteiger partial charge in [-0.25, -0.2) is 12.8 Å². The lowest BCUT2D eigenvalue weighted by atomic mass is 10.1. The van der Waals surface area contributed by atoms with Gasteiger partial charge in [-0.3, -0.25) is 13.9 Å². The molecule has 9 heteroatoms. The van der Waals surface area contributed by atoms with E-state index in [1.807, 2.05) is 19.9 Å². The van der Waals surface area contributed by atoms with Gasteiger partial charge in [-0.15, -0.1) is 0 Å². The van der Waals surface area contributed by atoms with Crippen LogP contribution >= 0.6 is 0 Å². The molecule has 7 nitrogen and oxygen atoms in total. The first-order valence-corrected chi connectivity index (χ1v) is 13.4. The number of nitrogens with one attached hydrogen (secondary N) is 1. The molecule has 196 valence electrons. The van der Waals surface area contributed by atoms with Crippen LogP contribution < -0.4 is 9.62 Å². The minimum absolute atomic E-state index is 0.00362. The van der Waals surface area contributed by atoms with Crippen LogP contribution in [0.5, 0.6) is 0 Å². The summed E-state index contributed by atoms with van der Waals surface area (Å²) in [5.41, 5.74) is 2.67. The second kappa shape index (κ2) is 12.0. The number of hydrogen-bond acceptors (Lipinski definition) is 4. The van der Waals surface area contributed by atoms with Gasteiger partial charge in [-0.05, 0) is 75.2 Å². The van der Waals surface area contributed by atoms with E-state index in [-0.39, 0.29) is 17.3 Å². The number of benzene rings is 3. The lowest BCUT2D eigenvalue weighted by molar-refractivity contribution is -0.139. The minimum atomic E-state index is -4.12. The molecule has 0 saturated carbocycles. The Balaban J connectivity index is 2.02. The van der Waals surface area contributed by atoms with Gasteiger partial charge in [0.2, 0.25) is 11.8 Å². The summed E-state index contributed by atoms with van der Waals surface area (Å²) in [7, 11) is -4.12. The van der Waals surface area contributed by atoms with Crippen LogP contribution in [0.2, 0.25) is 0 Å². The first-order chi connectivity index (χ1) is 17.5. The zero-order valence-corrected chi connectivity index (χ0v) is 22.3. The van der Waals surface area contributed by atoms with Crippen LogP contribution in [0, 0.1) is 19.7 Å². The Morgan fingerprint density at radius 1 is 0.946 bits per heavy atom. The predicted molar refractivity (Wildman–Crippen MR) is 142 cm³/mol. The van der Waals surface area contributed by atoms with Gasteiger partial charge in [0.05, 0.1) is 10.6 Å². The third-order valence-electron chi connectivity index (χ3n) is 5.96. The molecule has 3 aromatic rings. The number of nitrogens with zero attached hydrogens (tertiary/aromatic N) is 2. The highest BCUT2D eigenvalue weighted by Gasteiger charge is 2.32. The molecule has 0 fully saturated rings. The normalized spacial score (nSPS) is 12.0. The van der Waals surface area contributed by atoms with Crippen molar-refractivity contribution in [2.45, 2.75) is 45.2 Å². The smallest absolute Gasteiger partial charge is 0.264 e. The number of carbonyl (C=O) groups is 2. The zero-order valence-electron chi connectivity index (χ0n) is 21.4. The van der Waals surface area contributed by atoms with Crippen LogP contribution in [0.25, 0.3) is 0 Å². The van der Waals surface area contributed by atoms with Crippen molar-refractivity contribution in [1.29, 1.82) is 0 Å². The van der Waals surface area contributed by atoms with E-state index in [4.69, 9.17) is 0 Å². The van der Waals surface area contributed by atoms with Gasteiger partial charge in [0.1, 0.15) is 18.4 Å². The van der Waals surface area contributed by atoms with Gasteiger partial charge in [0.15, 0.2) is 0 Å². The second-order valence-electron chi connectivity index (χ2n) is 8.88. The molecule has 37 heavy (non-hydrogen) atoms. The van der Waals surface area contributed by atoms with E-state index in [2.05, 4.69) is 5.32 Å². The highest BCUT2D eigenvalue weighted by molar-refractivity contribution is 7.92. The second-order valence-corrected chi connectivity index (χ2v) is 10.7. The number of sulfonamides is 1.